The van der Waals surface area contributed by atoms with Crippen LogP contribution in [0.1, 0.15) is 121 Å². The minimum absolute atomic E-state index is 0.170. The van der Waals surface area contributed by atoms with E-state index in [0.29, 0.717) is 6.42 Å². The summed E-state index contributed by atoms with van der Waals surface area (Å²) in [6.07, 6.45) is 17.1. The Morgan fingerprint density at radius 3 is 1.88 bits per heavy atom. The van der Waals surface area contributed by atoms with Crippen LogP contribution in [-0.2, 0) is 24.8 Å². The molecule has 0 saturated heterocycles. The van der Waals surface area contributed by atoms with E-state index in [9.17, 15) is 44.7 Å². The first-order valence-corrected chi connectivity index (χ1v) is 18.0. The van der Waals surface area contributed by atoms with E-state index in [4.69, 9.17) is 10.8 Å². The van der Waals surface area contributed by atoms with Crippen molar-refractivity contribution in [3.63, 3.8) is 0 Å². The molecule has 3 aliphatic carbocycles. The van der Waals surface area contributed by atoms with Gasteiger partial charge in [0.25, 0.3) is 5.91 Å². The molecule has 8 N–H and O–H groups in total. The number of aromatic hydroxyl groups is 1. The van der Waals surface area contributed by atoms with Crippen molar-refractivity contribution in [2.75, 3.05) is 14.1 Å². The number of likely N-dealkylation sites (N-methyl/N-ethyl adjacent to an activating group) is 1. The Morgan fingerprint density at radius 2 is 1.40 bits per heavy atom. The number of hydrogen-bond acceptors (Lipinski definition) is 10. The molecule has 3 aliphatic rings. The van der Waals surface area contributed by atoms with Gasteiger partial charge in [-0.1, -0.05) is 96.1 Å². The molecule has 0 aliphatic heterocycles. The van der Waals surface area contributed by atoms with Gasteiger partial charge in [-0.15, -0.1) is 0 Å². The van der Waals surface area contributed by atoms with Gasteiger partial charge in [-0.05, 0) is 45.5 Å². The van der Waals surface area contributed by atoms with Crippen LogP contribution in [0.3, 0.4) is 0 Å². The number of fused-ring (bicyclic) bond motifs is 3. The number of nitrogens with two attached hydrogens (primary N) is 1. The quantitative estimate of drug-likeness (QED) is 0.0880. The number of primary amides is 1. The lowest BCUT2D eigenvalue weighted by Gasteiger charge is -2.53. The summed E-state index contributed by atoms with van der Waals surface area (Å²) in [4.78, 5) is 50.3. The highest BCUT2D eigenvalue weighted by Crippen LogP contribution is 2.57. The van der Waals surface area contributed by atoms with Crippen molar-refractivity contribution < 1.29 is 49.8 Å². The van der Waals surface area contributed by atoms with Gasteiger partial charge in [0.05, 0.1) is 17.2 Å². The zero-order valence-electron chi connectivity index (χ0n) is 29.9. The Bertz CT molecular complexity index is 1480. The maximum absolute atomic E-state index is 13.7. The standard InChI is InChI=1S/C22H24N2O8.C16H32O2/c1-21(31)8-5-4-6-11(25)12(8)16(26)13-9(21)7-10-15(24(2)3)17(27)14(20(23)30)19(29)22(10,32)18(13)28;1-2-3-4-5-6-7-8-9-10-11-12-13-14-15-16(17)18/h4-6,9-10,15,25-26,29,31-32H,7H2,1-3H3,(H2,23,30);2-15H2,1H3,(H,17,18)/t9-,10-,15-,21+,22-;/m0./s1. The lowest BCUT2D eigenvalue weighted by Crippen LogP contribution is -2.67. The van der Waals surface area contributed by atoms with Gasteiger partial charge in [-0.3, -0.25) is 24.1 Å². The molecule has 1 saturated carbocycles. The average molecular weight is 701 g/mol. The van der Waals surface area contributed by atoms with Crippen LogP contribution in [0, 0.1) is 11.8 Å². The van der Waals surface area contributed by atoms with Crippen molar-refractivity contribution in [2.45, 2.75) is 127 Å². The summed E-state index contributed by atoms with van der Waals surface area (Å²) < 4.78 is 0. The second kappa shape index (κ2) is 17.5. The summed E-state index contributed by atoms with van der Waals surface area (Å²) in [5.74, 6) is -8.55. The summed E-state index contributed by atoms with van der Waals surface area (Å²) in [7, 11) is 3.01. The molecular weight excluding hydrogens is 644 g/mol. The third kappa shape index (κ3) is 8.41. The number of hydrogen-bond donors (Lipinski definition) is 7. The van der Waals surface area contributed by atoms with Crippen LogP contribution < -0.4 is 5.73 Å². The first kappa shape index (κ1) is 40.7. The number of aliphatic hydroxyl groups is 4. The van der Waals surface area contributed by atoms with Crippen LogP contribution in [-0.4, -0.2) is 84.7 Å². The van der Waals surface area contributed by atoms with E-state index in [-0.39, 0.29) is 17.5 Å². The maximum Gasteiger partial charge on any atom is 0.303 e. The number of aliphatic hydroxyl groups excluding tert-OH is 2. The molecule has 0 radical (unpaired) electrons. The number of unbranched alkanes of at least 4 members (excludes halogenated alkanes) is 12. The second-order valence-corrected chi connectivity index (χ2v) is 14.3. The van der Waals surface area contributed by atoms with Crippen LogP contribution in [0.5, 0.6) is 5.75 Å². The third-order valence-electron chi connectivity index (χ3n) is 10.5. The van der Waals surface area contributed by atoms with E-state index in [1.54, 1.807) is 0 Å². The van der Waals surface area contributed by atoms with Crippen molar-refractivity contribution >= 4 is 29.2 Å². The minimum atomic E-state index is -2.75. The van der Waals surface area contributed by atoms with Crippen molar-refractivity contribution in [2.24, 2.45) is 17.6 Å². The number of phenols is 1. The van der Waals surface area contributed by atoms with E-state index in [0.717, 1.165) is 12.8 Å². The van der Waals surface area contributed by atoms with Gasteiger partial charge in [-0.25, -0.2) is 0 Å². The smallest absolute Gasteiger partial charge is 0.303 e. The number of ketones is 2. The highest BCUT2D eigenvalue weighted by atomic mass is 16.4. The van der Waals surface area contributed by atoms with Crippen LogP contribution in [0.4, 0.5) is 0 Å². The first-order valence-electron chi connectivity index (χ1n) is 18.0. The molecule has 12 heteroatoms. The number of nitrogens with zero attached hydrogens (tertiary/aromatic N) is 1. The second-order valence-electron chi connectivity index (χ2n) is 14.3. The normalized spacial score (nSPS) is 25.9. The number of benzene rings is 1. The Morgan fingerprint density at radius 1 is 0.880 bits per heavy atom. The lowest BCUT2D eigenvalue weighted by molar-refractivity contribution is -0.159. The van der Waals surface area contributed by atoms with E-state index in [1.165, 1.54) is 115 Å². The molecule has 1 fully saturated rings. The van der Waals surface area contributed by atoms with E-state index in [1.807, 2.05) is 0 Å². The Kier molecular flexibility index (Phi) is 14.2. The Labute approximate surface area is 294 Å². The Balaban J connectivity index is 0.000000322. The number of carboxylic acids is 1. The minimum Gasteiger partial charge on any atom is -0.508 e. The lowest BCUT2D eigenvalue weighted by atomic mass is 9.54. The molecule has 5 atom stereocenters. The van der Waals surface area contributed by atoms with Gasteiger partial charge in [0.2, 0.25) is 5.78 Å². The van der Waals surface area contributed by atoms with E-state index in [2.05, 4.69) is 6.92 Å². The molecular formula is C38H56N2O10. The van der Waals surface area contributed by atoms with Crippen LogP contribution >= 0.6 is 0 Å². The molecule has 0 unspecified atom stereocenters. The maximum atomic E-state index is 13.7. The number of carboxylic acid groups (broad SMARTS) is 1. The number of amides is 1. The number of phenolic OH excluding ortho intramolecular Hbond substituents is 1. The van der Waals surface area contributed by atoms with Crippen molar-refractivity contribution in [3.05, 3.63) is 46.2 Å². The molecule has 0 aromatic heterocycles. The number of aliphatic carboxylic acids is 1. The first-order chi connectivity index (χ1) is 23.5. The van der Waals surface area contributed by atoms with Crippen molar-refractivity contribution in [3.8, 4) is 5.75 Å². The van der Waals surface area contributed by atoms with E-state index >= 15 is 0 Å². The average Bonchev–Trinajstić information content (AvgIpc) is 3.03. The van der Waals surface area contributed by atoms with Gasteiger partial charge >= 0.3 is 5.97 Å². The summed E-state index contributed by atoms with van der Waals surface area (Å²) >= 11 is 0. The van der Waals surface area contributed by atoms with Gasteiger partial charge in [-0.2, -0.15) is 0 Å². The summed E-state index contributed by atoms with van der Waals surface area (Å²) in [5, 5.41) is 63.4. The predicted octanol–water partition coefficient (Wildman–Crippen LogP) is 5.18. The highest BCUT2D eigenvalue weighted by molar-refractivity contribution is 6.24. The topological polar surface area (TPSA) is 219 Å². The fourth-order valence-corrected chi connectivity index (χ4v) is 7.80. The fourth-order valence-electron chi connectivity index (χ4n) is 7.80. The zero-order chi connectivity index (χ0) is 37.4. The number of rotatable bonds is 16. The molecule has 0 heterocycles. The van der Waals surface area contributed by atoms with E-state index < -0.39 is 80.9 Å². The number of carbonyl (C=O) groups is 4. The molecule has 1 aromatic carbocycles. The molecule has 0 spiro atoms. The number of Topliss-reactive ketones (excluding diaryl/α,β-unsaturated/α-hetero) is 2. The van der Waals surface area contributed by atoms with Crippen LogP contribution in [0.25, 0.3) is 5.76 Å². The summed E-state index contributed by atoms with van der Waals surface area (Å²) in [6.45, 7) is 3.66. The molecule has 1 aromatic rings. The van der Waals surface area contributed by atoms with Crippen LogP contribution in [0.2, 0.25) is 0 Å². The highest BCUT2D eigenvalue weighted by Gasteiger charge is 2.66. The largest absolute Gasteiger partial charge is 0.508 e. The fraction of sp³-hybridized carbons (Fsp3) is 0.632. The Hall–Kier alpha value is -3.74. The van der Waals surface area contributed by atoms with Gasteiger partial charge in [0, 0.05) is 23.8 Å². The SMILES string of the molecule is CCCCCCCCCCCCCCCC(=O)O.CN(C)[C@@H]1C(=O)C(C(N)=O)=C(O)[C@@]2(O)C(=O)C3=C(O)c4c(O)cccc4[C@@](C)(O)[C@H]3C[C@@H]12. The molecule has 12 nitrogen and oxygen atoms in total. The molecule has 4 rings (SSSR count). The number of carbonyl (C=O) groups excluding carboxylic acids is 3. The summed E-state index contributed by atoms with van der Waals surface area (Å²) in [5.41, 5.74) is -0.548. The molecule has 278 valence electrons. The molecule has 0 bridgehead atoms. The van der Waals surface area contributed by atoms with Gasteiger partial charge < -0.3 is 36.4 Å². The monoisotopic (exact) mass is 700 g/mol. The van der Waals surface area contributed by atoms with Crippen molar-refractivity contribution in [1.29, 1.82) is 0 Å². The van der Waals surface area contributed by atoms with Crippen molar-refractivity contribution in [1.82, 2.24) is 4.90 Å². The van der Waals surface area contributed by atoms with Gasteiger partial charge in [0.1, 0.15) is 22.8 Å². The predicted molar refractivity (Wildman–Crippen MR) is 188 cm³/mol. The molecule has 50 heavy (non-hydrogen) atoms. The zero-order valence-corrected chi connectivity index (χ0v) is 29.9. The molecule has 1 amide bonds. The van der Waals surface area contributed by atoms with Crippen LogP contribution in [0.15, 0.2) is 35.1 Å². The van der Waals surface area contributed by atoms with Gasteiger partial charge in [0.15, 0.2) is 11.4 Å². The third-order valence-corrected chi connectivity index (χ3v) is 10.5. The summed E-state index contributed by atoms with van der Waals surface area (Å²) in [6, 6.07) is 3.02.